The molecule has 3 aliphatic rings. The SMILES string of the molecule is OC1CC2C3C=CC2C1C3. The Balaban J connectivity index is 2.03. The van der Waals surface area contributed by atoms with Crippen LogP contribution in [0.1, 0.15) is 12.8 Å². The van der Waals surface area contributed by atoms with Crippen molar-refractivity contribution >= 4 is 0 Å². The molecule has 1 heteroatoms. The molecule has 2 fully saturated rings. The van der Waals surface area contributed by atoms with Gasteiger partial charge in [0.25, 0.3) is 0 Å². The van der Waals surface area contributed by atoms with Crippen LogP contribution in [0.2, 0.25) is 0 Å². The van der Waals surface area contributed by atoms with Crippen LogP contribution in [-0.2, 0) is 0 Å². The van der Waals surface area contributed by atoms with Crippen LogP contribution < -0.4 is 0 Å². The number of aliphatic hydroxyl groups excluding tert-OH is 1. The highest BCUT2D eigenvalue weighted by atomic mass is 16.3. The molecular formula is C9H12O. The summed E-state index contributed by atoms with van der Waals surface area (Å²) < 4.78 is 0. The van der Waals surface area contributed by atoms with Crippen LogP contribution in [0.25, 0.3) is 0 Å². The lowest BCUT2D eigenvalue weighted by Crippen LogP contribution is -2.21. The van der Waals surface area contributed by atoms with Gasteiger partial charge in [-0.1, -0.05) is 12.2 Å². The summed E-state index contributed by atoms with van der Waals surface area (Å²) in [6.07, 6.45) is 7.08. The van der Waals surface area contributed by atoms with Gasteiger partial charge in [-0.15, -0.1) is 0 Å². The molecule has 3 rings (SSSR count). The Morgan fingerprint density at radius 2 is 2.00 bits per heavy atom. The van der Waals surface area contributed by atoms with Gasteiger partial charge in [0.15, 0.2) is 0 Å². The Kier molecular flexibility index (Phi) is 0.791. The predicted octanol–water partition coefficient (Wildman–Crippen LogP) is 1.19. The van der Waals surface area contributed by atoms with Gasteiger partial charge >= 0.3 is 0 Å². The molecule has 54 valence electrons. The van der Waals surface area contributed by atoms with Crippen LogP contribution in [0.3, 0.4) is 0 Å². The number of rotatable bonds is 0. The molecule has 0 spiro atoms. The molecule has 0 heterocycles. The number of hydrogen-bond acceptors (Lipinski definition) is 1. The lowest BCUT2D eigenvalue weighted by molar-refractivity contribution is 0.0984. The fourth-order valence-electron chi connectivity index (χ4n) is 3.23. The van der Waals surface area contributed by atoms with Crippen molar-refractivity contribution in [2.24, 2.45) is 23.7 Å². The average molecular weight is 136 g/mol. The zero-order valence-electron chi connectivity index (χ0n) is 5.90. The summed E-state index contributed by atoms with van der Waals surface area (Å²) in [5, 5.41) is 9.51. The van der Waals surface area contributed by atoms with Gasteiger partial charge in [0.1, 0.15) is 0 Å². The lowest BCUT2D eigenvalue weighted by atomic mass is 9.87. The maximum Gasteiger partial charge on any atom is 0.0577 e. The van der Waals surface area contributed by atoms with Crippen LogP contribution in [-0.4, -0.2) is 11.2 Å². The highest BCUT2D eigenvalue weighted by Crippen LogP contribution is 2.57. The summed E-state index contributed by atoms with van der Waals surface area (Å²) in [6.45, 7) is 0. The molecule has 10 heavy (non-hydrogen) atoms. The van der Waals surface area contributed by atoms with E-state index in [1.54, 1.807) is 0 Å². The van der Waals surface area contributed by atoms with Gasteiger partial charge in [-0.05, 0) is 36.5 Å². The second-order valence-electron chi connectivity index (χ2n) is 3.99. The highest BCUT2D eigenvalue weighted by Gasteiger charge is 2.53. The molecule has 5 unspecified atom stereocenters. The summed E-state index contributed by atoms with van der Waals surface area (Å²) in [5.74, 6) is 3.08. The first-order valence-electron chi connectivity index (χ1n) is 4.22. The maximum atomic E-state index is 9.51. The van der Waals surface area contributed by atoms with Crippen LogP contribution >= 0.6 is 0 Å². The Morgan fingerprint density at radius 3 is 2.60 bits per heavy atom. The Morgan fingerprint density at radius 1 is 1.10 bits per heavy atom. The average Bonchev–Trinajstić information content (AvgIpc) is 2.53. The molecule has 5 atom stereocenters. The molecule has 0 aliphatic heterocycles. The second-order valence-corrected chi connectivity index (χ2v) is 3.99. The summed E-state index contributed by atoms with van der Waals surface area (Å²) in [7, 11) is 0. The van der Waals surface area contributed by atoms with Crippen LogP contribution in [0, 0.1) is 23.7 Å². The summed E-state index contributed by atoms with van der Waals surface area (Å²) >= 11 is 0. The molecule has 0 aromatic heterocycles. The molecule has 0 aromatic carbocycles. The molecule has 1 N–H and O–H groups in total. The number of hydrogen-bond donors (Lipinski definition) is 1. The van der Waals surface area contributed by atoms with Crippen molar-refractivity contribution in [3.63, 3.8) is 0 Å². The van der Waals surface area contributed by atoms with E-state index in [1.165, 1.54) is 6.42 Å². The monoisotopic (exact) mass is 136 g/mol. The van der Waals surface area contributed by atoms with E-state index in [0.717, 1.165) is 24.2 Å². The van der Waals surface area contributed by atoms with E-state index in [-0.39, 0.29) is 6.10 Å². The molecule has 3 aliphatic carbocycles. The highest BCUT2D eigenvalue weighted by molar-refractivity contribution is 5.19. The van der Waals surface area contributed by atoms with Gasteiger partial charge in [0.2, 0.25) is 0 Å². The molecule has 0 saturated heterocycles. The summed E-state index contributed by atoms with van der Waals surface area (Å²) in [6, 6.07) is 0. The van der Waals surface area contributed by atoms with Crippen molar-refractivity contribution in [2.45, 2.75) is 18.9 Å². The van der Waals surface area contributed by atoms with Crippen molar-refractivity contribution in [1.29, 1.82) is 0 Å². The van der Waals surface area contributed by atoms with Gasteiger partial charge in [-0.3, -0.25) is 0 Å². The van der Waals surface area contributed by atoms with Gasteiger partial charge in [0, 0.05) is 0 Å². The topological polar surface area (TPSA) is 20.2 Å². The molecule has 4 bridgehead atoms. The van der Waals surface area contributed by atoms with Crippen molar-refractivity contribution in [3.05, 3.63) is 12.2 Å². The van der Waals surface area contributed by atoms with Crippen LogP contribution in [0.15, 0.2) is 12.2 Å². The molecule has 1 nitrogen and oxygen atoms in total. The Hall–Kier alpha value is -0.300. The fourth-order valence-corrected chi connectivity index (χ4v) is 3.23. The van der Waals surface area contributed by atoms with E-state index in [2.05, 4.69) is 12.2 Å². The van der Waals surface area contributed by atoms with E-state index in [4.69, 9.17) is 0 Å². The molecular weight excluding hydrogens is 124 g/mol. The Bertz CT molecular complexity index is 197. The smallest absolute Gasteiger partial charge is 0.0577 e. The Labute approximate surface area is 60.7 Å². The fraction of sp³-hybridized carbons (Fsp3) is 0.778. The normalized spacial score (nSPS) is 62.3. The number of aliphatic hydroxyl groups is 1. The van der Waals surface area contributed by atoms with Gasteiger partial charge in [-0.2, -0.15) is 0 Å². The molecule has 0 aromatic rings. The first-order valence-corrected chi connectivity index (χ1v) is 4.22. The quantitative estimate of drug-likeness (QED) is 0.496. The minimum Gasteiger partial charge on any atom is -0.393 e. The third kappa shape index (κ3) is 0.420. The number of allylic oxidation sites excluding steroid dienone is 2. The van der Waals surface area contributed by atoms with Gasteiger partial charge < -0.3 is 5.11 Å². The zero-order chi connectivity index (χ0) is 6.72. The van der Waals surface area contributed by atoms with Gasteiger partial charge in [-0.25, -0.2) is 0 Å². The summed E-state index contributed by atoms with van der Waals surface area (Å²) in [4.78, 5) is 0. The third-order valence-electron chi connectivity index (χ3n) is 3.67. The van der Waals surface area contributed by atoms with E-state index in [9.17, 15) is 5.11 Å². The van der Waals surface area contributed by atoms with Gasteiger partial charge in [0.05, 0.1) is 6.10 Å². The van der Waals surface area contributed by atoms with Crippen molar-refractivity contribution < 1.29 is 5.11 Å². The first kappa shape index (κ1) is 5.36. The molecule has 0 radical (unpaired) electrons. The standard InChI is InChI=1S/C9H12O/c10-9-4-7-5-1-2-6(7)8(9)3-5/h1-2,5-10H,3-4H2. The largest absolute Gasteiger partial charge is 0.393 e. The maximum absolute atomic E-state index is 9.51. The predicted molar refractivity (Wildman–Crippen MR) is 38.3 cm³/mol. The second kappa shape index (κ2) is 1.48. The van der Waals surface area contributed by atoms with Crippen molar-refractivity contribution in [3.8, 4) is 0 Å². The summed E-state index contributed by atoms with van der Waals surface area (Å²) in [5.41, 5.74) is 0. The van der Waals surface area contributed by atoms with E-state index in [0.29, 0.717) is 5.92 Å². The minimum atomic E-state index is 0.0381. The van der Waals surface area contributed by atoms with Crippen LogP contribution in [0.4, 0.5) is 0 Å². The lowest BCUT2D eigenvalue weighted by Gasteiger charge is -2.22. The van der Waals surface area contributed by atoms with E-state index < -0.39 is 0 Å². The molecule has 0 amide bonds. The minimum absolute atomic E-state index is 0.0381. The van der Waals surface area contributed by atoms with Crippen molar-refractivity contribution in [2.75, 3.05) is 0 Å². The third-order valence-corrected chi connectivity index (χ3v) is 3.67. The van der Waals surface area contributed by atoms with Crippen molar-refractivity contribution in [1.82, 2.24) is 0 Å². The van der Waals surface area contributed by atoms with E-state index >= 15 is 0 Å². The molecule has 2 saturated carbocycles. The zero-order valence-corrected chi connectivity index (χ0v) is 5.90. The first-order chi connectivity index (χ1) is 4.86. The van der Waals surface area contributed by atoms with Crippen LogP contribution in [0.5, 0.6) is 0 Å². The van der Waals surface area contributed by atoms with E-state index in [1.807, 2.05) is 0 Å².